The molecule has 100 valence electrons. The van der Waals surface area contributed by atoms with Crippen LogP contribution in [0.1, 0.15) is 23.4 Å². The lowest BCUT2D eigenvalue weighted by molar-refractivity contribution is 0.691. The molecule has 3 rings (SSSR count). The lowest BCUT2D eigenvalue weighted by atomic mass is 10.2. The van der Waals surface area contributed by atoms with Crippen molar-refractivity contribution < 1.29 is 0 Å². The highest BCUT2D eigenvalue weighted by molar-refractivity contribution is 7.98. The molecule has 0 amide bonds. The fourth-order valence-corrected chi connectivity index (χ4v) is 3.40. The first-order valence-corrected chi connectivity index (χ1v) is 8.64. The third-order valence-corrected chi connectivity index (χ3v) is 5.31. The summed E-state index contributed by atoms with van der Waals surface area (Å²) in [7, 11) is 0. The van der Waals surface area contributed by atoms with Crippen LogP contribution >= 0.6 is 23.1 Å². The lowest BCUT2D eigenvalue weighted by Crippen LogP contribution is -2.14. The summed E-state index contributed by atoms with van der Waals surface area (Å²) in [5.41, 5.74) is 2.39. The van der Waals surface area contributed by atoms with Gasteiger partial charge in [-0.25, -0.2) is 4.98 Å². The highest BCUT2D eigenvalue weighted by Gasteiger charge is 2.21. The second-order valence-electron chi connectivity index (χ2n) is 4.91. The van der Waals surface area contributed by atoms with Crippen molar-refractivity contribution in [1.29, 1.82) is 0 Å². The van der Waals surface area contributed by atoms with E-state index in [1.807, 2.05) is 11.3 Å². The van der Waals surface area contributed by atoms with Crippen LogP contribution < -0.4 is 5.32 Å². The van der Waals surface area contributed by atoms with Gasteiger partial charge >= 0.3 is 0 Å². The van der Waals surface area contributed by atoms with E-state index in [1.54, 1.807) is 11.8 Å². The molecule has 1 aliphatic carbocycles. The minimum absolute atomic E-state index is 0.755. The van der Waals surface area contributed by atoms with Crippen molar-refractivity contribution in [1.82, 2.24) is 10.3 Å². The average Bonchev–Trinajstić information content (AvgIpc) is 3.20. The maximum absolute atomic E-state index is 4.71. The summed E-state index contributed by atoms with van der Waals surface area (Å²) in [4.78, 5) is 7.38. The number of hydrogen-bond donors (Lipinski definition) is 1. The molecule has 0 bridgehead atoms. The molecular formula is C15H18N2S2. The summed E-state index contributed by atoms with van der Waals surface area (Å²) in [6.07, 6.45) is 4.77. The van der Waals surface area contributed by atoms with Gasteiger partial charge in [-0.2, -0.15) is 0 Å². The molecule has 0 unspecified atom stereocenters. The highest BCUT2D eigenvalue weighted by atomic mass is 32.2. The molecular weight excluding hydrogens is 272 g/mol. The Kier molecular flexibility index (Phi) is 3.91. The average molecular weight is 290 g/mol. The first-order valence-electron chi connectivity index (χ1n) is 6.60. The van der Waals surface area contributed by atoms with Crippen molar-refractivity contribution in [3.8, 4) is 10.6 Å². The van der Waals surface area contributed by atoms with Crippen molar-refractivity contribution in [3.63, 3.8) is 0 Å². The highest BCUT2D eigenvalue weighted by Crippen LogP contribution is 2.30. The Balaban J connectivity index is 1.77. The number of nitrogens with one attached hydrogen (secondary N) is 1. The lowest BCUT2D eigenvalue weighted by Gasteiger charge is -1.99. The molecule has 1 aliphatic rings. The zero-order valence-corrected chi connectivity index (χ0v) is 12.9. The van der Waals surface area contributed by atoms with Gasteiger partial charge in [-0.3, -0.25) is 0 Å². The van der Waals surface area contributed by atoms with Crippen molar-refractivity contribution in [2.45, 2.75) is 37.2 Å². The van der Waals surface area contributed by atoms with Crippen molar-refractivity contribution in [2.75, 3.05) is 6.26 Å². The smallest absolute Gasteiger partial charge is 0.123 e. The number of nitrogens with zero attached hydrogens (tertiary/aromatic N) is 1. The molecule has 1 aromatic heterocycles. The molecule has 4 heteroatoms. The fourth-order valence-electron chi connectivity index (χ4n) is 1.97. The Labute approximate surface area is 122 Å². The van der Waals surface area contributed by atoms with Gasteiger partial charge in [-0.15, -0.1) is 23.1 Å². The second kappa shape index (κ2) is 5.65. The predicted molar refractivity (Wildman–Crippen MR) is 83.9 cm³/mol. The molecule has 1 N–H and O–H groups in total. The molecule has 1 aromatic carbocycles. The molecule has 0 atom stereocenters. The monoisotopic (exact) mass is 290 g/mol. The summed E-state index contributed by atoms with van der Waals surface area (Å²) >= 11 is 3.59. The van der Waals surface area contributed by atoms with E-state index in [-0.39, 0.29) is 0 Å². The molecule has 0 aliphatic heterocycles. The Hall–Kier alpha value is -0.840. The first-order chi connectivity index (χ1) is 9.26. The van der Waals surface area contributed by atoms with Gasteiger partial charge in [0.15, 0.2) is 0 Å². The number of benzene rings is 1. The van der Waals surface area contributed by atoms with Crippen molar-refractivity contribution in [2.24, 2.45) is 0 Å². The standard InChI is InChI=1S/C15H18N2S2/c1-10-14(9-16-12-5-6-12)19-15(17-10)11-3-7-13(18-2)8-4-11/h3-4,7-8,12,16H,5-6,9H2,1-2H3. The van der Waals surface area contributed by atoms with E-state index in [4.69, 9.17) is 4.98 Å². The van der Waals surface area contributed by atoms with E-state index >= 15 is 0 Å². The van der Waals surface area contributed by atoms with Crippen LogP contribution in [0.15, 0.2) is 29.2 Å². The van der Waals surface area contributed by atoms with Crippen LogP contribution in [0.2, 0.25) is 0 Å². The largest absolute Gasteiger partial charge is 0.309 e. The molecule has 2 aromatic rings. The van der Waals surface area contributed by atoms with Crippen LogP contribution in [-0.4, -0.2) is 17.3 Å². The third-order valence-electron chi connectivity index (χ3n) is 3.36. The minimum Gasteiger partial charge on any atom is -0.309 e. The van der Waals surface area contributed by atoms with Crippen LogP contribution in [0, 0.1) is 6.92 Å². The Morgan fingerprint density at radius 2 is 2.05 bits per heavy atom. The minimum atomic E-state index is 0.755. The van der Waals surface area contributed by atoms with Gasteiger partial charge in [-0.1, -0.05) is 12.1 Å². The molecule has 0 saturated heterocycles. The number of thiazole rings is 1. The van der Waals surface area contributed by atoms with Crippen LogP contribution in [0.5, 0.6) is 0 Å². The molecule has 1 heterocycles. The summed E-state index contributed by atoms with van der Waals surface area (Å²) in [6, 6.07) is 9.42. The summed E-state index contributed by atoms with van der Waals surface area (Å²) < 4.78 is 0. The summed E-state index contributed by atoms with van der Waals surface area (Å²) in [6.45, 7) is 3.08. The van der Waals surface area contributed by atoms with Crippen molar-refractivity contribution in [3.05, 3.63) is 34.8 Å². The van der Waals surface area contributed by atoms with E-state index < -0.39 is 0 Å². The quantitative estimate of drug-likeness (QED) is 0.839. The van der Waals surface area contributed by atoms with Gasteiger partial charge in [0, 0.05) is 27.9 Å². The molecule has 1 fully saturated rings. The second-order valence-corrected chi connectivity index (χ2v) is 6.87. The number of thioether (sulfide) groups is 1. The van der Waals surface area contributed by atoms with Crippen LogP contribution in [0.4, 0.5) is 0 Å². The molecule has 0 radical (unpaired) electrons. The Morgan fingerprint density at radius 3 is 2.68 bits per heavy atom. The van der Waals surface area contributed by atoms with Gasteiger partial charge in [0.25, 0.3) is 0 Å². The molecule has 19 heavy (non-hydrogen) atoms. The predicted octanol–water partition coefficient (Wildman–Crippen LogP) is 4.09. The van der Waals surface area contributed by atoms with Gasteiger partial charge < -0.3 is 5.32 Å². The Bertz CT molecular complexity index is 556. The van der Waals surface area contributed by atoms with E-state index in [9.17, 15) is 0 Å². The van der Waals surface area contributed by atoms with Crippen LogP contribution in [0.25, 0.3) is 10.6 Å². The van der Waals surface area contributed by atoms with Gasteiger partial charge in [0.2, 0.25) is 0 Å². The number of aryl methyl sites for hydroxylation is 1. The zero-order valence-electron chi connectivity index (χ0n) is 11.3. The third kappa shape index (κ3) is 3.19. The number of rotatable bonds is 5. The molecule has 1 saturated carbocycles. The van der Waals surface area contributed by atoms with Gasteiger partial charge in [-0.05, 0) is 38.2 Å². The van der Waals surface area contributed by atoms with Gasteiger partial charge in [0.1, 0.15) is 5.01 Å². The van der Waals surface area contributed by atoms with Crippen molar-refractivity contribution >= 4 is 23.1 Å². The Morgan fingerprint density at radius 1 is 1.32 bits per heavy atom. The molecule has 2 nitrogen and oxygen atoms in total. The van der Waals surface area contributed by atoms with Gasteiger partial charge in [0.05, 0.1) is 5.69 Å². The number of aromatic nitrogens is 1. The van der Waals surface area contributed by atoms with E-state index in [0.717, 1.165) is 17.6 Å². The normalized spacial score (nSPS) is 14.8. The van der Waals surface area contributed by atoms with Crippen LogP contribution in [0.3, 0.4) is 0 Å². The zero-order chi connectivity index (χ0) is 13.2. The topological polar surface area (TPSA) is 24.9 Å². The summed E-state index contributed by atoms with van der Waals surface area (Å²) in [5.74, 6) is 0. The maximum Gasteiger partial charge on any atom is 0.123 e. The fraction of sp³-hybridized carbons (Fsp3) is 0.400. The van der Waals surface area contributed by atoms with E-state index in [2.05, 4.69) is 42.8 Å². The first kappa shape index (κ1) is 13.2. The molecule has 0 spiro atoms. The summed E-state index contributed by atoms with van der Waals surface area (Å²) in [5, 5.41) is 4.70. The van der Waals surface area contributed by atoms with E-state index in [0.29, 0.717) is 0 Å². The maximum atomic E-state index is 4.71. The van der Waals surface area contributed by atoms with Crippen LogP contribution in [-0.2, 0) is 6.54 Å². The number of hydrogen-bond acceptors (Lipinski definition) is 4. The SMILES string of the molecule is CSc1ccc(-c2nc(C)c(CNC3CC3)s2)cc1. The van der Waals surface area contributed by atoms with E-state index in [1.165, 1.54) is 33.9 Å².